The molecule has 0 aliphatic rings. The van der Waals surface area contributed by atoms with Crippen molar-refractivity contribution >= 4 is 19.9 Å². The molecule has 6 heteroatoms. The van der Waals surface area contributed by atoms with Gasteiger partial charge in [0.25, 0.3) is 5.91 Å². The van der Waals surface area contributed by atoms with Crippen LogP contribution >= 0.6 is 0 Å². The standard InChI is InChI=1S/C22H33NO4Si/c1-16(24)17(15-26-28(5,6)22(2,3)4)14-19-12-13-20(27-19)21(25)23-18-10-8-7-9-11-18/h7-13,16-17,24H,14-15H2,1-6H3,(H,23,25). The fourth-order valence-corrected chi connectivity index (χ4v) is 3.55. The molecule has 2 N–H and O–H groups in total. The largest absolute Gasteiger partial charge is 0.456 e. The molecule has 1 aromatic carbocycles. The third kappa shape index (κ3) is 6.05. The molecule has 1 aromatic heterocycles. The Morgan fingerprint density at radius 1 is 1.18 bits per heavy atom. The molecule has 2 unspecified atom stereocenters. The predicted octanol–water partition coefficient (Wildman–Crippen LogP) is 5.09. The van der Waals surface area contributed by atoms with Gasteiger partial charge in [0.05, 0.1) is 6.10 Å². The van der Waals surface area contributed by atoms with Gasteiger partial charge in [0.1, 0.15) is 5.76 Å². The summed E-state index contributed by atoms with van der Waals surface area (Å²) in [6, 6.07) is 12.7. The minimum atomic E-state index is -1.89. The molecule has 0 fully saturated rings. The quantitative estimate of drug-likeness (QED) is 0.602. The van der Waals surface area contributed by atoms with Crippen LogP contribution in [0, 0.1) is 5.92 Å². The summed E-state index contributed by atoms with van der Waals surface area (Å²) < 4.78 is 12.0. The maximum Gasteiger partial charge on any atom is 0.291 e. The molecule has 0 saturated heterocycles. The number of para-hydroxylation sites is 1. The van der Waals surface area contributed by atoms with E-state index in [4.69, 9.17) is 8.84 Å². The summed E-state index contributed by atoms with van der Waals surface area (Å²) in [5, 5.41) is 13.1. The van der Waals surface area contributed by atoms with Crippen molar-refractivity contribution in [3.8, 4) is 0 Å². The second-order valence-corrected chi connectivity index (χ2v) is 13.7. The molecule has 2 aromatic rings. The number of benzene rings is 1. The lowest BCUT2D eigenvalue weighted by atomic mass is 9.99. The van der Waals surface area contributed by atoms with Crippen molar-refractivity contribution in [2.24, 2.45) is 5.92 Å². The smallest absolute Gasteiger partial charge is 0.291 e. The third-order valence-electron chi connectivity index (χ3n) is 5.53. The highest BCUT2D eigenvalue weighted by Gasteiger charge is 2.38. The Kier molecular flexibility index (Phi) is 7.26. The van der Waals surface area contributed by atoms with Gasteiger partial charge in [-0.15, -0.1) is 0 Å². The van der Waals surface area contributed by atoms with Crippen LogP contribution in [0.4, 0.5) is 5.69 Å². The molecule has 1 heterocycles. The molecule has 154 valence electrons. The van der Waals surface area contributed by atoms with Gasteiger partial charge in [-0.05, 0) is 49.3 Å². The molecule has 2 atom stereocenters. The van der Waals surface area contributed by atoms with Gasteiger partial charge >= 0.3 is 0 Å². The highest BCUT2D eigenvalue weighted by Crippen LogP contribution is 2.37. The second-order valence-electron chi connectivity index (χ2n) is 8.86. The second kappa shape index (κ2) is 9.07. The monoisotopic (exact) mass is 403 g/mol. The number of carbonyl (C=O) groups is 1. The van der Waals surface area contributed by atoms with Gasteiger partial charge in [0, 0.05) is 24.6 Å². The zero-order valence-corrected chi connectivity index (χ0v) is 18.8. The van der Waals surface area contributed by atoms with E-state index >= 15 is 0 Å². The Bertz CT molecular complexity index is 762. The Hall–Kier alpha value is -1.89. The maximum absolute atomic E-state index is 12.3. The average molecular weight is 404 g/mol. The molecule has 0 radical (unpaired) electrons. The molecule has 5 nitrogen and oxygen atoms in total. The van der Waals surface area contributed by atoms with Crippen LogP contribution in [-0.4, -0.2) is 32.0 Å². The number of aliphatic hydroxyl groups excluding tert-OH is 1. The van der Waals surface area contributed by atoms with Crippen LogP contribution in [0.1, 0.15) is 44.0 Å². The van der Waals surface area contributed by atoms with Crippen molar-refractivity contribution in [1.29, 1.82) is 0 Å². The van der Waals surface area contributed by atoms with E-state index < -0.39 is 14.4 Å². The van der Waals surface area contributed by atoms with Crippen molar-refractivity contribution in [3.05, 3.63) is 54.0 Å². The van der Waals surface area contributed by atoms with Crippen LogP contribution in [-0.2, 0) is 10.8 Å². The number of nitrogens with one attached hydrogen (secondary N) is 1. The molecule has 0 spiro atoms. The van der Waals surface area contributed by atoms with E-state index in [-0.39, 0.29) is 22.6 Å². The lowest BCUT2D eigenvalue weighted by Gasteiger charge is -2.37. The van der Waals surface area contributed by atoms with Gasteiger partial charge in [-0.2, -0.15) is 0 Å². The van der Waals surface area contributed by atoms with E-state index in [9.17, 15) is 9.90 Å². The first kappa shape index (κ1) is 22.4. The fraction of sp³-hybridized carbons (Fsp3) is 0.500. The van der Waals surface area contributed by atoms with Crippen LogP contribution in [0.15, 0.2) is 46.9 Å². The van der Waals surface area contributed by atoms with Crippen molar-refractivity contribution in [2.75, 3.05) is 11.9 Å². The highest BCUT2D eigenvalue weighted by molar-refractivity contribution is 6.74. The fourth-order valence-electron chi connectivity index (χ4n) is 2.48. The number of carbonyl (C=O) groups excluding carboxylic acids is 1. The van der Waals surface area contributed by atoms with Gasteiger partial charge in [-0.25, -0.2) is 0 Å². The molecule has 28 heavy (non-hydrogen) atoms. The molecule has 0 bridgehead atoms. The Morgan fingerprint density at radius 2 is 1.82 bits per heavy atom. The van der Waals surface area contributed by atoms with Gasteiger partial charge < -0.3 is 19.3 Å². The van der Waals surface area contributed by atoms with Crippen LogP contribution < -0.4 is 5.32 Å². The zero-order valence-electron chi connectivity index (χ0n) is 17.8. The first-order valence-electron chi connectivity index (χ1n) is 9.77. The SMILES string of the molecule is CC(O)C(CO[Si](C)(C)C(C)(C)C)Cc1ccc(C(=O)Nc2ccccc2)o1. The molecule has 0 aliphatic heterocycles. The highest BCUT2D eigenvalue weighted by atomic mass is 28.4. The summed E-state index contributed by atoms with van der Waals surface area (Å²) in [6.45, 7) is 13.2. The summed E-state index contributed by atoms with van der Waals surface area (Å²) >= 11 is 0. The van der Waals surface area contributed by atoms with Crippen molar-refractivity contribution in [1.82, 2.24) is 0 Å². The number of hydrogen-bond acceptors (Lipinski definition) is 4. The molecule has 1 amide bonds. The van der Waals surface area contributed by atoms with Gasteiger partial charge in [-0.3, -0.25) is 4.79 Å². The number of hydrogen-bond donors (Lipinski definition) is 2. The summed E-state index contributed by atoms with van der Waals surface area (Å²) in [5.74, 6) is 0.547. The number of anilines is 1. The molecular weight excluding hydrogens is 370 g/mol. The van der Waals surface area contributed by atoms with E-state index in [0.29, 0.717) is 18.8 Å². The summed E-state index contributed by atoms with van der Waals surface area (Å²) in [4.78, 5) is 12.3. The topological polar surface area (TPSA) is 71.7 Å². The first-order valence-corrected chi connectivity index (χ1v) is 12.7. The van der Waals surface area contributed by atoms with Crippen molar-refractivity contribution < 1.29 is 18.7 Å². The number of furan rings is 1. The predicted molar refractivity (Wildman–Crippen MR) is 115 cm³/mol. The van der Waals surface area contributed by atoms with Gasteiger partial charge in [0.15, 0.2) is 14.1 Å². The zero-order chi connectivity index (χ0) is 20.9. The minimum absolute atomic E-state index is 0.0923. The lowest BCUT2D eigenvalue weighted by molar-refractivity contribution is 0.0806. The van der Waals surface area contributed by atoms with Crippen LogP contribution in [0.5, 0.6) is 0 Å². The average Bonchev–Trinajstić information content (AvgIpc) is 3.07. The molecular formula is C22H33NO4Si. The number of aliphatic hydroxyl groups is 1. The third-order valence-corrected chi connectivity index (χ3v) is 10.0. The van der Waals surface area contributed by atoms with Crippen LogP contribution in [0.25, 0.3) is 0 Å². The molecule has 0 aliphatic carbocycles. The van der Waals surface area contributed by atoms with E-state index in [1.54, 1.807) is 19.1 Å². The van der Waals surface area contributed by atoms with E-state index in [1.807, 2.05) is 30.3 Å². The van der Waals surface area contributed by atoms with Crippen LogP contribution in [0.3, 0.4) is 0 Å². The normalized spacial score (nSPS) is 14.5. The van der Waals surface area contributed by atoms with Crippen LogP contribution in [0.2, 0.25) is 18.1 Å². The maximum atomic E-state index is 12.3. The summed E-state index contributed by atoms with van der Waals surface area (Å²) in [6.07, 6.45) is -0.0123. The number of amides is 1. The van der Waals surface area contributed by atoms with E-state index in [0.717, 1.165) is 5.69 Å². The molecule has 0 saturated carbocycles. The lowest BCUT2D eigenvalue weighted by Crippen LogP contribution is -2.43. The van der Waals surface area contributed by atoms with Gasteiger partial charge in [-0.1, -0.05) is 39.0 Å². The van der Waals surface area contributed by atoms with E-state index in [1.165, 1.54) is 0 Å². The Balaban J connectivity index is 1.99. The van der Waals surface area contributed by atoms with Gasteiger partial charge in [0.2, 0.25) is 0 Å². The van der Waals surface area contributed by atoms with E-state index in [2.05, 4.69) is 39.2 Å². The Morgan fingerprint density at radius 3 is 2.39 bits per heavy atom. The van der Waals surface area contributed by atoms with Crippen molar-refractivity contribution in [3.63, 3.8) is 0 Å². The summed E-state index contributed by atoms with van der Waals surface area (Å²) in [5.41, 5.74) is 0.718. The summed E-state index contributed by atoms with van der Waals surface area (Å²) in [7, 11) is -1.89. The first-order chi connectivity index (χ1) is 13.0. The Labute approximate surface area is 169 Å². The minimum Gasteiger partial charge on any atom is -0.456 e. The van der Waals surface area contributed by atoms with Crippen molar-refractivity contribution in [2.45, 2.75) is 58.4 Å². The molecule has 2 rings (SSSR count). The number of rotatable bonds is 8.